The number of hydrogen-bond donors (Lipinski definition) is 1. The van der Waals surface area contributed by atoms with Crippen LogP contribution >= 0.6 is 11.8 Å². The fourth-order valence-electron chi connectivity index (χ4n) is 4.31. The molecule has 0 radical (unpaired) electrons. The number of amides is 1. The van der Waals surface area contributed by atoms with Gasteiger partial charge in [0.1, 0.15) is 12.7 Å². The summed E-state index contributed by atoms with van der Waals surface area (Å²) in [4.78, 5) is 31.5. The van der Waals surface area contributed by atoms with E-state index in [-0.39, 0.29) is 12.4 Å². The number of pyridine rings is 1. The Morgan fingerprint density at radius 1 is 1.16 bits per heavy atom. The van der Waals surface area contributed by atoms with Gasteiger partial charge in [0, 0.05) is 34.0 Å². The minimum Gasteiger partial charge on any atom is -0.502 e. The summed E-state index contributed by atoms with van der Waals surface area (Å²) >= 11 is 1.72. The van der Waals surface area contributed by atoms with Crippen LogP contribution in [0.5, 0.6) is 5.75 Å². The van der Waals surface area contributed by atoms with Gasteiger partial charge in [0.2, 0.25) is 5.43 Å². The second-order valence-corrected chi connectivity index (χ2v) is 8.44. The zero-order valence-electron chi connectivity index (χ0n) is 17.2. The van der Waals surface area contributed by atoms with Crippen LogP contribution in [0.4, 0.5) is 0 Å². The van der Waals surface area contributed by atoms with Gasteiger partial charge in [0.15, 0.2) is 11.4 Å². The summed E-state index contributed by atoms with van der Waals surface area (Å²) in [5, 5.41) is 13.5. The summed E-state index contributed by atoms with van der Waals surface area (Å²) in [6.07, 6.45) is 7.40. The van der Waals surface area contributed by atoms with Gasteiger partial charge in [-0.05, 0) is 23.3 Å². The molecule has 5 rings (SSSR count). The maximum absolute atomic E-state index is 12.9. The number of carbonyl (C=O) groups excluding carboxylic acids is 1. The average Bonchev–Trinajstić information content (AvgIpc) is 2.98. The molecule has 160 valence electrons. The largest absolute Gasteiger partial charge is 0.502 e. The number of thioether (sulfide) groups is 1. The average molecular weight is 446 g/mol. The molecular formula is C24H19N3O4S. The molecule has 0 bridgehead atoms. The van der Waals surface area contributed by atoms with Crippen molar-refractivity contribution in [2.45, 2.75) is 16.7 Å². The molecule has 7 nitrogen and oxygen atoms in total. The van der Waals surface area contributed by atoms with Gasteiger partial charge >= 0.3 is 5.91 Å². The Morgan fingerprint density at radius 3 is 2.75 bits per heavy atom. The van der Waals surface area contributed by atoms with E-state index in [1.165, 1.54) is 24.0 Å². The highest BCUT2D eigenvalue weighted by molar-refractivity contribution is 7.98. The lowest BCUT2D eigenvalue weighted by Crippen LogP contribution is -2.55. The molecule has 0 spiro atoms. The van der Waals surface area contributed by atoms with Crippen LogP contribution in [-0.2, 0) is 10.6 Å². The summed E-state index contributed by atoms with van der Waals surface area (Å²) in [6.45, 7) is 0.0622. The van der Waals surface area contributed by atoms with E-state index >= 15 is 0 Å². The van der Waals surface area contributed by atoms with Crippen molar-refractivity contribution in [3.63, 3.8) is 0 Å². The molecule has 32 heavy (non-hydrogen) atoms. The lowest BCUT2D eigenvalue weighted by molar-refractivity contribution is -0.105. The minimum atomic E-state index is -0.635. The fourth-order valence-corrected chi connectivity index (χ4v) is 5.39. The van der Waals surface area contributed by atoms with Crippen LogP contribution in [0.15, 0.2) is 64.4 Å². The van der Waals surface area contributed by atoms with Crippen LogP contribution in [0, 0.1) is 12.3 Å². The minimum absolute atomic E-state index is 0.0622. The van der Waals surface area contributed by atoms with Crippen LogP contribution in [0.3, 0.4) is 0 Å². The van der Waals surface area contributed by atoms with Crippen LogP contribution in [0.25, 0.3) is 0 Å². The molecule has 3 heterocycles. The number of rotatable bonds is 2. The molecule has 2 aliphatic rings. The highest BCUT2D eigenvalue weighted by Crippen LogP contribution is 2.44. The van der Waals surface area contributed by atoms with Gasteiger partial charge in [0.25, 0.3) is 0 Å². The molecule has 0 aliphatic carbocycles. The van der Waals surface area contributed by atoms with Crippen LogP contribution < -0.4 is 10.4 Å². The third-order valence-electron chi connectivity index (χ3n) is 5.77. The Morgan fingerprint density at radius 2 is 1.97 bits per heavy atom. The SMILES string of the molecule is C#Cc1cccc2c1[C@H](N1CN(OC)C(=O)c3c(O)c(=O)ccn31)c1ccccc1SC2. The highest BCUT2D eigenvalue weighted by Gasteiger charge is 2.39. The number of nitrogens with zero attached hydrogens (tertiary/aromatic N) is 3. The quantitative estimate of drug-likeness (QED) is 0.612. The predicted octanol–water partition coefficient (Wildman–Crippen LogP) is 2.84. The predicted molar refractivity (Wildman–Crippen MR) is 121 cm³/mol. The van der Waals surface area contributed by atoms with Gasteiger partial charge in [-0.15, -0.1) is 18.2 Å². The zero-order chi connectivity index (χ0) is 22.4. The van der Waals surface area contributed by atoms with Crippen molar-refractivity contribution in [1.29, 1.82) is 0 Å². The van der Waals surface area contributed by atoms with E-state index in [2.05, 4.69) is 18.1 Å². The molecule has 0 unspecified atom stereocenters. The lowest BCUT2D eigenvalue weighted by Gasteiger charge is -2.43. The first-order chi connectivity index (χ1) is 15.5. The van der Waals surface area contributed by atoms with Crippen molar-refractivity contribution in [3.05, 3.63) is 92.9 Å². The first kappa shape index (κ1) is 20.2. The number of benzene rings is 2. The van der Waals surface area contributed by atoms with E-state index in [0.717, 1.165) is 38.0 Å². The van der Waals surface area contributed by atoms with Crippen molar-refractivity contribution < 1.29 is 14.7 Å². The fraction of sp³-hybridized carbons (Fsp3) is 0.167. The Balaban J connectivity index is 1.83. The molecule has 0 saturated carbocycles. The van der Waals surface area contributed by atoms with Crippen molar-refractivity contribution >= 4 is 17.7 Å². The van der Waals surface area contributed by atoms with E-state index in [0.29, 0.717) is 0 Å². The van der Waals surface area contributed by atoms with E-state index in [1.54, 1.807) is 11.8 Å². The van der Waals surface area contributed by atoms with Gasteiger partial charge in [-0.25, -0.2) is 0 Å². The second-order valence-electron chi connectivity index (χ2n) is 7.42. The van der Waals surface area contributed by atoms with Gasteiger partial charge in [-0.2, -0.15) is 5.06 Å². The van der Waals surface area contributed by atoms with Gasteiger partial charge in [-0.1, -0.05) is 36.3 Å². The molecule has 8 heteroatoms. The molecule has 1 atom stereocenters. The normalized spacial score (nSPS) is 17.1. The number of aromatic hydroxyl groups is 1. The monoisotopic (exact) mass is 445 g/mol. The molecule has 0 saturated heterocycles. The number of terminal acetylenes is 1. The third-order valence-corrected chi connectivity index (χ3v) is 6.91. The van der Waals surface area contributed by atoms with Crippen molar-refractivity contribution in [3.8, 4) is 18.1 Å². The smallest absolute Gasteiger partial charge is 0.301 e. The van der Waals surface area contributed by atoms with Gasteiger partial charge in [0.05, 0.1) is 7.11 Å². The first-order valence-corrected chi connectivity index (χ1v) is 10.9. The summed E-state index contributed by atoms with van der Waals surface area (Å²) in [5.74, 6) is 2.33. The lowest BCUT2D eigenvalue weighted by atomic mass is 9.90. The number of carbonyl (C=O) groups is 1. The van der Waals surface area contributed by atoms with E-state index in [4.69, 9.17) is 11.3 Å². The molecule has 1 N–H and O–H groups in total. The molecule has 1 amide bonds. The second kappa shape index (κ2) is 7.79. The number of fused-ring (bicyclic) bond motifs is 3. The summed E-state index contributed by atoms with van der Waals surface area (Å²) in [7, 11) is 1.38. The topological polar surface area (TPSA) is 75.0 Å². The maximum atomic E-state index is 12.9. The summed E-state index contributed by atoms with van der Waals surface area (Å²) in [6, 6.07) is 14.8. The molecule has 0 fully saturated rings. The number of hydroxylamine groups is 2. The van der Waals surface area contributed by atoms with Crippen LogP contribution in [0.1, 0.15) is 38.8 Å². The molecule has 2 aromatic carbocycles. The molecule has 2 aliphatic heterocycles. The van der Waals surface area contributed by atoms with E-state index < -0.39 is 23.1 Å². The Labute approximate surface area is 188 Å². The number of hydrogen-bond acceptors (Lipinski definition) is 6. The van der Waals surface area contributed by atoms with Crippen molar-refractivity contribution in [2.75, 3.05) is 18.8 Å². The molecular weight excluding hydrogens is 426 g/mol. The molecule has 3 aromatic rings. The number of aromatic nitrogens is 1. The third kappa shape index (κ3) is 2.98. The standard InChI is InChI=1S/C24H19N3O4S/c1-3-15-7-6-8-16-13-32-19-10-5-4-9-17(19)21(20(15)16)26-14-27(31-2)24(30)22-23(29)18(28)11-12-25(22)26/h1,4-12,21,29H,13-14H2,2H3/t21-/m1/s1. The Bertz CT molecular complexity index is 1340. The summed E-state index contributed by atoms with van der Waals surface area (Å²) in [5.41, 5.74) is 3.00. The van der Waals surface area contributed by atoms with Crippen LogP contribution in [0.2, 0.25) is 0 Å². The molecule has 1 aromatic heterocycles. The maximum Gasteiger partial charge on any atom is 0.301 e. The Hall–Kier alpha value is -3.67. The van der Waals surface area contributed by atoms with E-state index in [9.17, 15) is 14.7 Å². The summed E-state index contributed by atoms with van der Waals surface area (Å²) < 4.78 is 1.53. The van der Waals surface area contributed by atoms with Crippen molar-refractivity contribution in [1.82, 2.24) is 9.74 Å². The first-order valence-electron chi connectivity index (χ1n) is 9.92. The van der Waals surface area contributed by atoms with Gasteiger partial charge < -0.3 is 5.11 Å². The zero-order valence-corrected chi connectivity index (χ0v) is 18.0. The Kier molecular flexibility index (Phi) is 4.93. The van der Waals surface area contributed by atoms with Crippen LogP contribution in [-0.4, -0.2) is 34.5 Å². The van der Waals surface area contributed by atoms with E-state index in [1.807, 2.05) is 35.3 Å². The van der Waals surface area contributed by atoms with Crippen molar-refractivity contribution in [2.24, 2.45) is 0 Å². The highest BCUT2D eigenvalue weighted by atomic mass is 32.2. The van der Waals surface area contributed by atoms with Gasteiger partial charge in [-0.3, -0.25) is 24.1 Å².